The van der Waals surface area contributed by atoms with Crippen molar-refractivity contribution in [2.75, 3.05) is 5.73 Å². The van der Waals surface area contributed by atoms with Crippen molar-refractivity contribution in [3.05, 3.63) is 24.0 Å². The molecule has 6 nitrogen and oxygen atoms in total. The Balaban J connectivity index is 2.77. The monoisotopic (exact) mass is 237 g/mol. The van der Waals surface area contributed by atoms with Crippen LogP contribution in [0.25, 0.3) is 0 Å². The van der Waals surface area contributed by atoms with Crippen molar-refractivity contribution < 1.29 is 14.7 Å². The molecule has 0 bridgehead atoms. The van der Waals surface area contributed by atoms with E-state index in [0.717, 1.165) is 0 Å². The van der Waals surface area contributed by atoms with Crippen LogP contribution in [-0.4, -0.2) is 28.0 Å². The third-order valence-corrected chi connectivity index (χ3v) is 2.23. The van der Waals surface area contributed by atoms with Crippen molar-refractivity contribution in [3.63, 3.8) is 0 Å². The Hall–Kier alpha value is -2.11. The molecular weight excluding hydrogens is 222 g/mol. The number of carboxylic acid groups (broad SMARTS) is 1. The quantitative estimate of drug-likeness (QED) is 0.697. The molecule has 0 aliphatic carbocycles. The fourth-order valence-electron chi connectivity index (χ4n) is 1.38. The summed E-state index contributed by atoms with van der Waals surface area (Å²) in [6.07, 6.45) is 2.46. The zero-order valence-corrected chi connectivity index (χ0v) is 9.51. The normalized spacial score (nSPS) is 11.8. The maximum atomic E-state index is 11.7. The number of nitrogens with two attached hydrogens (primary N) is 1. The summed E-state index contributed by atoms with van der Waals surface area (Å²) in [5.74, 6) is -1.63. The van der Waals surface area contributed by atoms with E-state index in [2.05, 4.69) is 10.3 Å². The van der Waals surface area contributed by atoms with Gasteiger partial charge in [0.05, 0.1) is 5.69 Å². The second kappa shape index (κ2) is 5.83. The lowest BCUT2D eigenvalue weighted by Crippen LogP contribution is -2.41. The van der Waals surface area contributed by atoms with E-state index in [9.17, 15) is 9.59 Å². The topological polar surface area (TPSA) is 105 Å². The van der Waals surface area contributed by atoms with E-state index in [1.807, 2.05) is 6.92 Å². The Morgan fingerprint density at radius 3 is 2.82 bits per heavy atom. The molecule has 0 aromatic carbocycles. The van der Waals surface area contributed by atoms with E-state index in [4.69, 9.17) is 10.8 Å². The molecule has 0 spiro atoms. The molecule has 17 heavy (non-hydrogen) atoms. The molecule has 0 unspecified atom stereocenters. The van der Waals surface area contributed by atoms with Crippen LogP contribution in [0.4, 0.5) is 5.69 Å². The molecule has 6 heteroatoms. The number of anilines is 1. The fourth-order valence-corrected chi connectivity index (χ4v) is 1.38. The highest BCUT2D eigenvalue weighted by molar-refractivity contribution is 5.98. The molecule has 1 heterocycles. The molecule has 0 aliphatic heterocycles. The number of nitrogen functional groups attached to an aromatic ring is 1. The highest BCUT2D eigenvalue weighted by Gasteiger charge is 2.21. The molecule has 1 amide bonds. The largest absolute Gasteiger partial charge is 0.480 e. The van der Waals surface area contributed by atoms with Gasteiger partial charge in [-0.05, 0) is 18.6 Å². The third kappa shape index (κ3) is 3.44. The Kier molecular flexibility index (Phi) is 4.45. The van der Waals surface area contributed by atoms with Crippen molar-refractivity contribution in [2.24, 2.45) is 0 Å². The zero-order chi connectivity index (χ0) is 12.8. The average molecular weight is 237 g/mol. The SMILES string of the molecule is CCC[C@H](NC(=O)c1ncccc1N)C(=O)O. The number of pyridine rings is 1. The van der Waals surface area contributed by atoms with Crippen LogP contribution in [0, 0.1) is 0 Å². The van der Waals surface area contributed by atoms with Crippen LogP contribution in [0.5, 0.6) is 0 Å². The lowest BCUT2D eigenvalue weighted by molar-refractivity contribution is -0.139. The predicted molar refractivity (Wildman–Crippen MR) is 62.4 cm³/mol. The van der Waals surface area contributed by atoms with Gasteiger partial charge in [-0.3, -0.25) is 4.79 Å². The number of aliphatic carboxylic acids is 1. The zero-order valence-electron chi connectivity index (χ0n) is 9.51. The first-order chi connectivity index (χ1) is 8.06. The number of amides is 1. The van der Waals surface area contributed by atoms with Gasteiger partial charge in [0.2, 0.25) is 0 Å². The first kappa shape index (κ1) is 13.0. The number of carboxylic acids is 1. The summed E-state index contributed by atoms with van der Waals surface area (Å²) in [7, 11) is 0. The van der Waals surface area contributed by atoms with E-state index in [-0.39, 0.29) is 11.4 Å². The predicted octanol–water partition coefficient (Wildman–Crippen LogP) is 0.647. The molecule has 0 radical (unpaired) electrons. The molecule has 92 valence electrons. The highest BCUT2D eigenvalue weighted by Crippen LogP contribution is 2.07. The lowest BCUT2D eigenvalue weighted by atomic mass is 10.1. The maximum absolute atomic E-state index is 11.7. The second-order valence-electron chi connectivity index (χ2n) is 3.59. The molecule has 4 N–H and O–H groups in total. The summed E-state index contributed by atoms with van der Waals surface area (Å²) in [5, 5.41) is 11.3. The van der Waals surface area contributed by atoms with Crippen molar-refractivity contribution in [3.8, 4) is 0 Å². The van der Waals surface area contributed by atoms with Crippen LogP contribution in [0.3, 0.4) is 0 Å². The number of aromatic nitrogens is 1. The van der Waals surface area contributed by atoms with Crippen molar-refractivity contribution in [1.29, 1.82) is 0 Å². The van der Waals surface area contributed by atoms with E-state index in [0.29, 0.717) is 12.8 Å². The first-order valence-electron chi connectivity index (χ1n) is 5.30. The molecular formula is C11H15N3O3. The van der Waals surface area contributed by atoms with Crippen molar-refractivity contribution >= 4 is 17.6 Å². The number of carbonyl (C=O) groups excluding carboxylic acids is 1. The third-order valence-electron chi connectivity index (χ3n) is 2.23. The number of hydrogen-bond donors (Lipinski definition) is 3. The summed E-state index contributed by atoms with van der Waals surface area (Å²) in [5.41, 5.74) is 5.85. The smallest absolute Gasteiger partial charge is 0.326 e. The Bertz CT molecular complexity index is 420. The molecule has 0 aliphatic rings. The Morgan fingerprint density at radius 1 is 1.59 bits per heavy atom. The second-order valence-corrected chi connectivity index (χ2v) is 3.59. The molecule has 0 saturated heterocycles. The summed E-state index contributed by atoms with van der Waals surface area (Å²) in [6.45, 7) is 1.84. The van der Waals surface area contributed by atoms with Crippen LogP contribution < -0.4 is 11.1 Å². The Morgan fingerprint density at radius 2 is 2.29 bits per heavy atom. The summed E-state index contributed by atoms with van der Waals surface area (Å²) in [4.78, 5) is 26.4. The van der Waals surface area contributed by atoms with Gasteiger partial charge in [-0.1, -0.05) is 13.3 Å². The fraction of sp³-hybridized carbons (Fsp3) is 0.364. The van der Waals surface area contributed by atoms with Gasteiger partial charge in [0.15, 0.2) is 5.69 Å². The number of nitrogens with zero attached hydrogens (tertiary/aromatic N) is 1. The minimum absolute atomic E-state index is 0.0508. The van der Waals surface area contributed by atoms with Crippen molar-refractivity contribution in [2.45, 2.75) is 25.8 Å². The average Bonchev–Trinajstić information content (AvgIpc) is 2.28. The van der Waals surface area contributed by atoms with Crippen LogP contribution >= 0.6 is 0 Å². The van der Waals surface area contributed by atoms with E-state index in [1.165, 1.54) is 12.3 Å². The van der Waals surface area contributed by atoms with Gasteiger partial charge in [0.1, 0.15) is 6.04 Å². The van der Waals surface area contributed by atoms with E-state index in [1.54, 1.807) is 6.07 Å². The number of carbonyl (C=O) groups is 2. The van der Waals surface area contributed by atoms with Crippen LogP contribution in [-0.2, 0) is 4.79 Å². The molecule has 0 saturated carbocycles. The molecule has 1 aromatic rings. The van der Waals surface area contributed by atoms with Gasteiger partial charge >= 0.3 is 5.97 Å². The molecule has 0 fully saturated rings. The van der Waals surface area contributed by atoms with Crippen LogP contribution in [0.2, 0.25) is 0 Å². The molecule has 1 rings (SSSR count). The summed E-state index contributed by atoms with van der Waals surface area (Å²) >= 11 is 0. The van der Waals surface area contributed by atoms with E-state index < -0.39 is 17.9 Å². The van der Waals surface area contributed by atoms with Crippen LogP contribution in [0.15, 0.2) is 18.3 Å². The first-order valence-corrected chi connectivity index (χ1v) is 5.30. The van der Waals surface area contributed by atoms with Crippen LogP contribution in [0.1, 0.15) is 30.3 Å². The van der Waals surface area contributed by atoms with Gasteiger partial charge in [-0.2, -0.15) is 0 Å². The number of rotatable bonds is 5. The molecule has 1 aromatic heterocycles. The van der Waals surface area contributed by atoms with Gasteiger partial charge in [0, 0.05) is 6.20 Å². The lowest BCUT2D eigenvalue weighted by Gasteiger charge is -2.13. The molecule has 1 atom stereocenters. The minimum Gasteiger partial charge on any atom is -0.480 e. The van der Waals surface area contributed by atoms with Gasteiger partial charge in [-0.25, -0.2) is 9.78 Å². The van der Waals surface area contributed by atoms with Gasteiger partial charge < -0.3 is 16.2 Å². The number of nitrogens with one attached hydrogen (secondary N) is 1. The standard InChI is InChI=1S/C11H15N3O3/c1-2-4-8(11(16)17)14-10(15)9-7(12)5-3-6-13-9/h3,5-6,8H,2,4,12H2,1H3,(H,14,15)(H,16,17)/t8-/m0/s1. The summed E-state index contributed by atoms with van der Waals surface area (Å²) in [6, 6.07) is 2.23. The number of hydrogen-bond acceptors (Lipinski definition) is 4. The van der Waals surface area contributed by atoms with Gasteiger partial charge in [0.25, 0.3) is 5.91 Å². The minimum atomic E-state index is -1.06. The van der Waals surface area contributed by atoms with Gasteiger partial charge in [-0.15, -0.1) is 0 Å². The van der Waals surface area contributed by atoms with E-state index >= 15 is 0 Å². The Labute approximate surface area is 98.8 Å². The maximum Gasteiger partial charge on any atom is 0.326 e. The van der Waals surface area contributed by atoms with Crippen molar-refractivity contribution in [1.82, 2.24) is 10.3 Å². The highest BCUT2D eigenvalue weighted by atomic mass is 16.4. The summed E-state index contributed by atoms with van der Waals surface area (Å²) < 4.78 is 0.